The number of para-hydroxylation sites is 1. The quantitative estimate of drug-likeness (QED) is 0.168. The first-order valence-electron chi connectivity index (χ1n) is 19.9. The van der Waals surface area contributed by atoms with Crippen molar-refractivity contribution < 1.29 is 9.47 Å². The highest BCUT2D eigenvalue weighted by Crippen LogP contribution is 2.52. The first-order valence-corrected chi connectivity index (χ1v) is 19.9. The van der Waals surface area contributed by atoms with Crippen LogP contribution in [0.2, 0.25) is 0 Å². The molecule has 0 fully saturated rings. The zero-order valence-electron chi connectivity index (χ0n) is 31.3. The lowest BCUT2D eigenvalue weighted by Gasteiger charge is -2.23. The van der Waals surface area contributed by atoms with Crippen LogP contribution in [-0.2, 0) is 0 Å². The Morgan fingerprint density at radius 3 is 1.67 bits per heavy atom. The third kappa shape index (κ3) is 4.48. The smallest absolute Gasteiger partial charge is 0.135 e. The van der Waals surface area contributed by atoms with E-state index in [4.69, 9.17) is 9.47 Å². The van der Waals surface area contributed by atoms with Gasteiger partial charge in [0.1, 0.15) is 23.0 Å². The third-order valence-corrected chi connectivity index (χ3v) is 12.4. The average Bonchev–Trinajstić information content (AvgIpc) is 3.28. The van der Waals surface area contributed by atoms with Crippen LogP contribution in [0.4, 0.5) is 0 Å². The fourth-order valence-electron chi connectivity index (χ4n) is 9.85. The van der Waals surface area contributed by atoms with Crippen LogP contribution in [0.15, 0.2) is 194 Å². The van der Waals surface area contributed by atoms with Gasteiger partial charge in [-0.1, -0.05) is 152 Å². The van der Waals surface area contributed by atoms with Crippen LogP contribution >= 0.6 is 0 Å². The van der Waals surface area contributed by atoms with Gasteiger partial charge in [-0.25, -0.2) is 0 Å². The first kappa shape index (κ1) is 31.5. The summed E-state index contributed by atoms with van der Waals surface area (Å²) in [6.07, 6.45) is 0. The molecule has 0 aromatic heterocycles. The van der Waals surface area contributed by atoms with Crippen LogP contribution in [0.1, 0.15) is 0 Å². The van der Waals surface area contributed by atoms with Crippen LogP contribution in [-0.4, -0.2) is 0 Å². The molecule has 13 rings (SSSR count). The molecule has 58 heavy (non-hydrogen) atoms. The normalized spacial score (nSPS) is 12.4. The molecular formula is C56H32O2. The summed E-state index contributed by atoms with van der Waals surface area (Å²) in [7, 11) is 0. The Hall–Kier alpha value is -7.68. The molecular weight excluding hydrogens is 705 g/mol. The molecule has 0 saturated heterocycles. The van der Waals surface area contributed by atoms with Gasteiger partial charge in [-0.3, -0.25) is 0 Å². The second-order valence-corrected chi connectivity index (χ2v) is 15.5. The summed E-state index contributed by atoms with van der Waals surface area (Å²) in [5, 5.41) is 12.0. The average molecular weight is 737 g/mol. The van der Waals surface area contributed by atoms with Crippen molar-refractivity contribution >= 4 is 53.9 Å². The summed E-state index contributed by atoms with van der Waals surface area (Å²) in [4.78, 5) is 0. The van der Waals surface area contributed by atoms with E-state index in [9.17, 15) is 0 Å². The standard InChI is InChI=1S/C56H32O2/c1-2-11-35-30-37(25-24-33(35)10-1)54-45-18-7-15-38(36-26-27-42-44-17-5-12-34-13-6-22-51(55(34)44)58-53(42)31-36)48(45)32-49-39(16-8-19-46(49)54)40-28-29-47-41-14-3-4-21-50(41)57-52-23-9-20-43(40)56(47)52/h1-32H. The fourth-order valence-corrected chi connectivity index (χ4v) is 9.85. The van der Waals surface area contributed by atoms with Crippen molar-refractivity contribution in [1.29, 1.82) is 0 Å². The second kappa shape index (κ2) is 11.9. The minimum absolute atomic E-state index is 0.879. The maximum Gasteiger partial charge on any atom is 0.135 e. The minimum Gasteiger partial charge on any atom is -0.456 e. The Morgan fingerprint density at radius 1 is 0.241 bits per heavy atom. The second-order valence-electron chi connectivity index (χ2n) is 15.5. The highest BCUT2D eigenvalue weighted by molar-refractivity contribution is 6.21. The highest BCUT2D eigenvalue weighted by atomic mass is 16.5. The van der Waals surface area contributed by atoms with Gasteiger partial charge in [0.2, 0.25) is 0 Å². The molecule has 2 nitrogen and oxygen atoms in total. The van der Waals surface area contributed by atoms with Gasteiger partial charge in [-0.15, -0.1) is 0 Å². The van der Waals surface area contributed by atoms with Crippen LogP contribution in [0.25, 0.3) is 109 Å². The van der Waals surface area contributed by atoms with Crippen molar-refractivity contribution in [2.75, 3.05) is 0 Å². The van der Waals surface area contributed by atoms with Crippen molar-refractivity contribution in [3.05, 3.63) is 194 Å². The van der Waals surface area contributed by atoms with E-state index < -0.39 is 0 Å². The number of rotatable bonds is 3. The van der Waals surface area contributed by atoms with Gasteiger partial charge < -0.3 is 9.47 Å². The predicted octanol–water partition coefficient (Wildman–Crippen LogP) is 16.0. The summed E-state index contributed by atoms with van der Waals surface area (Å²) in [6, 6.07) is 70.5. The van der Waals surface area contributed by atoms with Gasteiger partial charge in [0, 0.05) is 21.9 Å². The zero-order chi connectivity index (χ0) is 37.9. The molecule has 0 spiro atoms. The van der Waals surface area contributed by atoms with E-state index in [-0.39, 0.29) is 0 Å². The van der Waals surface area contributed by atoms with Crippen molar-refractivity contribution in [2.45, 2.75) is 0 Å². The van der Waals surface area contributed by atoms with E-state index in [0.717, 1.165) is 45.1 Å². The zero-order valence-corrected chi connectivity index (χ0v) is 31.3. The van der Waals surface area contributed by atoms with Gasteiger partial charge >= 0.3 is 0 Å². The van der Waals surface area contributed by atoms with E-state index >= 15 is 0 Å². The largest absolute Gasteiger partial charge is 0.456 e. The number of hydrogen-bond donors (Lipinski definition) is 0. The molecule has 2 aliphatic rings. The maximum atomic E-state index is 6.69. The predicted molar refractivity (Wildman–Crippen MR) is 241 cm³/mol. The minimum atomic E-state index is 0.879. The van der Waals surface area contributed by atoms with E-state index in [2.05, 4.69) is 188 Å². The summed E-state index contributed by atoms with van der Waals surface area (Å²) in [6.45, 7) is 0. The molecule has 11 aromatic carbocycles. The van der Waals surface area contributed by atoms with Crippen molar-refractivity contribution in [2.24, 2.45) is 0 Å². The topological polar surface area (TPSA) is 18.5 Å². The lowest BCUT2D eigenvalue weighted by molar-refractivity contribution is 0.487. The molecule has 0 amide bonds. The lowest BCUT2D eigenvalue weighted by atomic mass is 9.84. The monoisotopic (exact) mass is 736 g/mol. The molecule has 0 aliphatic carbocycles. The van der Waals surface area contributed by atoms with Crippen LogP contribution in [0, 0.1) is 0 Å². The Labute approximate surface area is 334 Å². The van der Waals surface area contributed by atoms with E-state index in [1.807, 2.05) is 6.07 Å². The molecule has 268 valence electrons. The fraction of sp³-hybridized carbons (Fsp3) is 0. The van der Waals surface area contributed by atoms with Gasteiger partial charge in [-0.2, -0.15) is 0 Å². The Kier molecular flexibility index (Phi) is 6.47. The molecule has 0 unspecified atom stereocenters. The number of hydrogen-bond acceptors (Lipinski definition) is 2. The van der Waals surface area contributed by atoms with Crippen molar-refractivity contribution in [3.8, 4) is 78.6 Å². The van der Waals surface area contributed by atoms with Crippen molar-refractivity contribution in [3.63, 3.8) is 0 Å². The number of benzene rings is 11. The maximum absolute atomic E-state index is 6.69. The van der Waals surface area contributed by atoms with Crippen LogP contribution < -0.4 is 9.47 Å². The van der Waals surface area contributed by atoms with Gasteiger partial charge in [-0.05, 0) is 130 Å². The van der Waals surface area contributed by atoms with E-state index in [1.165, 1.54) is 87.4 Å². The summed E-state index contributed by atoms with van der Waals surface area (Å²) >= 11 is 0. The molecule has 2 heterocycles. The molecule has 0 bridgehead atoms. The van der Waals surface area contributed by atoms with Crippen LogP contribution in [0.3, 0.4) is 0 Å². The molecule has 2 aliphatic heterocycles. The molecule has 0 radical (unpaired) electrons. The van der Waals surface area contributed by atoms with Gasteiger partial charge in [0.05, 0.1) is 0 Å². The number of ether oxygens (including phenoxy) is 2. The highest BCUT2D eigenvalue weighted by Gasteiger charge is 2.24. The molecule has 11 aromatic rings. The Morgan fingerprint density at radius 2 is 0.776 bits per heavy atom. The van der Waals surface area contributed by atoms with Gasteiger partial charge in [0.15, 0.2) is 0 Å². The molecule has 0 atom stereocenters. The number of fused-ring (bicyclic) bond motifs is 7. The SMILES string of the molecule is c1ccc2c(c1)Oc1cccc3c(-c4cccc5c(-c6ccc7ccccc7c6)c6cccc(-c7ccc8c(c7)Oc7cccc9cccc-8c79)c6cc45)ccc-2c13. The molecule has 0 saturated carbocycles. The Bertz CT molecular complexity index is 3570. The molecule has 0 N–H and O–H groups in total. The molecule has 2 heteroatoms. The van der Waals surface area contributed by atoms with E-state index in [0.29, 0.717) is 0 Å². The Balaban J connectivity index is 1.09. The summed E-state index contributed by atoms with van der Waals surface area (Å²) in [5.74, 6) is 3.57. The van der Waals surface area contributed by atoms with E-state index in [1.54, 1.807) is 0 Å². The lowest BCUT2D eigenvalue weighted by Crippen LogP contribution is -1.98. The summed E-state index contributed by atoms with van der Waals surface area (Å²) < 4.78 is 13.2. The third-order valence-electron chi connectivity index (χ3n) is 12.4. The summed E-state index contributed by atoms with van der Waals surface area (Å²) in [5.41, 5.74) is 11.8. The first-order chi connectivity index (χ1) is 28.7. The van der Waals surface area contributed by atoms with Crippen molar-refractivity contribution in [1.82, 2.24) is 0 Å². The van der Waals surface area contributed by atoms with Gasteiger partial charge in [0.25, 0.3) is 0 Å². The van der Waals surface area contributed by atoms with Crippen LogP contribution in [0.5, 0.6) is 23.0 Å².